The fourth-order valence-electron chi connectivity index (χ4n) is 3.63. The molecule has 0 radical (unpaired) electrons. The zero-order valence-electron chi connectivity index (χ0n) is 29.3. The maximum Gasteiger partial charge on any atom is 0.162 e. The van der Waals surface area contributed by atoms with Crippen LogP contribution in [0.25, 0.3) is 0 Å². The summed E-state index contributed by atoms with van der Waals surface area (Å²) in [4.78, 5) is 0. The van der Waals surface area contributed by atoms with E-state index in [1.807, 2.05) is 31.2 Å². The van der Waals surface area contributed by atoms with E-state index in [-0.39, 0.29) is 30.2 Å². The molecule has 0 heterocycles. The average Bonchev–Trinajstić information content (AvgIpc) is 3.08. The van der Waals surface area contributed by atoms with Crippen LogP contribution >= 0.6 is 0 Å². The minimum Gasteiger partial charge on any atom is -0.207 e. The van der Waals surface area contributed by atoms with E-state index in [9.17, 15) is 43.9 Å². The van der Waals surface area contributed by atoms with Gasteiger partial charge in [0.25, 0.3) is 0 Å². The maximum atomic E-state index is 12.4. The van der Waals surface area contributed by atoms with Crippen LogP contribution in [0.4, 0.5) is 43.9 Å². The van der Waals surface area contributed by atoms with Gasteiger partial charge in [0.15, 0.2) is 23.3 Å². The molecule has 0 nitrogen and oxygen atoms in total. The summed E-state index contributed by atoms with van der Waals surface area (Å²) < 4.78 is 123. The average molecular weight is 749 g/mol. The molecule has 0 spiro atoms. The number of halogens is 10. The van der Waals surface area contributed by atoms with E-state index in [2.05, 4.69) is 19.1 Å². The Bertz CT molecular complexity index is 1830. The van der Waals surface area contributed by atoms with Crippen molar-refractivity contribution < 1.29 is 43.9 Å². The van der Waals surface area contributed by atoms with Crippen molar-refractivity contribution in [1.82, 2.24) is 0 Å². The molecule has 0 atom stereocenters. The molecule has 0 fully saturated rings. The molecular weight excluding hydrogens is 706 g/mol. The molecule has 0 amide bonds. The van der Waals surface area contributed by atoms with Crippen molar-refractivity contribution >= 4 is 0 Å². The van der Waals surface area contributed by atoms with Crippen molar-refractivity contribution in [3.05, 3.63) is 213 Å². The zero-order chi connectivity index (χ0) is 39.4. The molecule has 53 heavy (non-hydrogen) atoms. The van der Waals surface area contributed by atoms with Gasteiger partial charge in [0.1, 0.15) is 34.9 Å². The first kappa shape index (κ1) is 47.6. The minimum atomic E-state index is -1.14. The normalized spacial score (nSPS) is 9.36. The number of rotatable bonds is 0. The van der Waals surface area contributed by atoms with Crippen molar-refractivity contribution in [3.63, 3.8) is 0 Å². The van der Waals surface area contributed by atoms with Crippen molar-refractivity contribution in [2.24, 2.45) is 0 Å². The summed E-state index contributed by atoms with van der Waals surface area (Å²) in [7, 11) is 0. The Labute approximate surface area is 305 Å². The molecule has 0 N–H and O–H groups in total. The van der Waals surface area contributed by atoms with Gasteiger partial charge in [0.05, 0.1) is 0 Å². The lowest BCUT2D eigenvalue weighted by Crippen LogP contribution is -1.89. The van der Waals surface area contributed by atoms with Gasteiger partial charge in [-0.15, -0.1) is 0 Å². The highest BCUT2D eigenvalue weighted by Crippen LogP contribution is 2.13. The molecule has 284 valence electrons. The quantitative estimate of drug-likeness (QED) is 0.107. The number of benzene rings is 6. The topological polar surface area (TPSA) is 0 Å². The highest BCUT2D eigenvalue weighted by molar-refractivity contribution is 5.20. The van der Waals surface area contributed by atoms with Crippen LogP contribution in [0.3, 0.4) is 0 Å². The van der Waals surface area contributed by atoms with Crippen LogP contribution in [0, 0.1) is 99.7 Å². The Morgan fingerprint density at radius 3 is 1.17 bits per heavy atom. The predicted octanol–water partition coefficient (Wildman–Crippen LogP) is 14.0. The van der Waals surface area contributed by atoms with E-state index in [0.717, 1.165) is 35.9 Å². The third-order valence-corrected chi connectivity index (χ3v) is 6.56. The van der Waals surface area contributed by atoms with E-state index < -0.39 is 46.5 Å². The van der Waals surface area contributed by atoms with Gasteiger partial charge in [0.2, 0.25) is 0 Å². The number of hydrogen-bond donors (Lipinski definition) is 0. The lowest BCUT2D eigenvalue weighted by atomic mass is 10.2. The molecular formula is C43H42F10. The standard InChI is InChI=1S/C7H5F3.3C7H6F2.C7H7F.C7H8.CH4/c1-4-2-5(8)3-6(9)7(4)10;1-5-4-6(8)2-3-7(5)9;1-5-6(8)3-2-4-7(5)9;1-5-3-2-4-6(8)7(5)9;1-6-3-2-4-7(8)5-6;1-7-5-3-2-4-6-7;/h2-3H,1H3;3*2-4H,1H3;2-5H,1H3;2-6H,1H3;1H4. The van der Waals surface area contributed by atoms with Gasteiger partial charge in [-0.1, -0.05) is 73.7 Å². The largest absolute Gasteiger partial charge is 0.207 e. The SMILES string of the molecule is C.Cc1c(F)cccc1F.Cc1cc(F)cc(F)c1F.Cc1cc(F)ccc1F.Cc1cccc(F)c1.Cc1cccc(F)c1F.Cc1ccccc1. The Hall–Kier alpha value is -5.38. The lowest BCUT2D eigenvalue weighted by Gasteiger charge is -1.96. The van der Waals surface area contributed by atoms with Crippen molar-refractivity contribution in [2.45, 2.75) is 49.0 Å². The summed E-state index contributed by atoms with van der Waals surface area (Å²) in [5.74, 6) is -6.32. The highest BCUT2D eigenvalue weighted by atomic mass is 19.2. The third-order valence-electron chi connectivity index (χ3n) is 6.56. The summed E-state index contributed by atoms with van der Waals surface area (Å²) in [6.45, 7) is 9.71. The number of hydrogen-bond acceptors (Lipinski definition) is 0. The van der Waals surface area contributed by atoms with Crippen LogP contribution in [-0.4, -0.2) is 0 Å². The van der Waals surface area contributed by atoms with Gasteiger partial charge in [-0.3, -0.25) is 0 Å². The van der Waals surface area contributed by atoms with Crippen LogP contribution in [0.1, 0.15) is 40.8 Å². The summed E-state index contributed by atoms with van der Waals surface area (Å²) >= 11 is 0. The molecule has 0 bridgehead atoms. The molecule has 6 rings (SSSR count). The van der Waals surface area contributed by atoms with Crippen molar-refractivity contribution in [1.29, 1.82) is 0 Å². The van der Waals surface area contributed by atoms with Crippen LogP contribution in [0.5, 0.6) is 0 Å². The fourth-order valence-corrected chi connectivity index (χ4v) is 3.63. The second-order valence-corrected chi connectivity index (χ2v) is 11.1. The van der Waals surface area contributed by atoms with Crippen molar-refractivity contribution in [3.8, 4) is 0 Å². The Kier molecular flexibility index (Phi) is 22.2. The Morgan fingerprint density at radius 2 is 0.774 bits per heavy atom. The molecule has 0 saturated heterocycles. The fraction of sp³-hybridized carbons (Fsp3) is 0.163. The zero-order valence-corrected chi connectivity index (χ0v) is 29.3. The van der Waals surface area contributed by atoms with E-state index in [1.165, 1.54) is 75.7 Å². The lowest BCUT2D eigenvalue weighted by molar-refractivity contribution is 0.489. The Balaban J connectivity index is 0.000000612. The first-order valence-corrected chi connectivity index (χ1v) is 15.5. The van der Waals surface area contributed by atoms with Gasteiger partial charge in [0, 0.05) is 11.6 Å². The molecule has 0 aromatic heterocycles. The summed E-state index contributed by atoms with van der Waals surface area (Å²) in [5.41, 5.74) is 3.03. The molecule has 0 unspecified atom stereocenters. The van der Waals surface area contributed by atoms with Gasteiger partial charge < -0.3 is 0 Å². The molecule has 0 aliphatic heterocycles. The predicted molar refractivity (Wildman–Crippen MR) is 193 cm³/mol. The van der Waals surface area contributed by atoms with Crippen LogP contribution < -0.4 is 0 Å². The molecule has 10 heteroatoms. The number of aryl methyl sites for hydroxylation is 5. The van der Waals surface area contributed by atoms with Crippen LogP contribution in [0.15, 0.2) is 121 Å². The molecule has 0 aliphatic rings. The van der Waals surface area contributed by atoms with Gasteiger partial charge in [-0.05, 0) is 118 Å². The summed E-state index contributed by atoms with van der Waals surface area (Å²) in [6, 6.07) is 29.5. The van der Waals surface area contributed by atoms with E-state index >= 15 is 0 Å². The maximum absolute atomic E-state index is 12.4. The second-order valence-electron chi connectivity index (χ2n) is 11.1. The smallest absolute Gasteiger partial charge is 0.162 e. The van der Waals surface area contributed by atoms with E-state index in [0.29, 0.717) is 17.2 Å². The summed E-state index contributed by atoms with van der Waals surface area (Å²) in [5, 5.41) is 0. The first-order chi connectivity index (χ1) is 24.4. The second kappa shape index (κ2) is 24.7. The first-order valence-electron chi connectivity index (χ1n) is 15.5. The molecule has 6 aromatic carbocycles. The minimum absolute atomic E-state index is 0. The molecule has 0 saturated carbocycles. The van der Waals surface area contributed by atoms with E-state index in [1.54, 1.807) is 6.07 Å². The van der Waals surface area contributed by atoms with Crippen LogP contribution in [-0.2, 0) is 0 Å². The highest BCUT2D eigenvalue weighted by Gasteiger charge is 2.06. The van der Waals surface area contributed by atoms with E-state index in [4.69, 9.17) is 0 Å². The van der Waals surface area contributed by atoms with Crippen molar-refractivity contribution in [2.75, 3.05) is 0 Å². The molecule has 0 aliphatic carbocycles. The van der Waals surface area contributed by atoms with Gasteiger partial charge >= 0.3 is 0 Å². The third kappa shape index (κ3) is 19.1. The van der Waals surface area contributed by atoms with Crippen LogP contribution in [0.2, 0.25) is 0 Å². The van der Waals surface area contributed by atoms with Gasteiger partial charge in [-0.2, -0.15) is 0 Å². The monoisotopic (exact) mass is 748 g/mol. The molecule has 6 aromatic rings. The Morgan fingerprint density at radius 1 is 0.302 bits per heavy atom. The summed E-state index contributed by atoms with van der Waals surface area (Å²) in [6.07, 6.45) is 0. The van der Waals surface area contributed by atoms with Gasteiger partial charge in [-0.25, -0.2) is 43.9 Å².